The number of likely N-dealkylation sites (tertiary alicyclic amines) is 1. The molecule has 1 N–H and O–H groups in total. The van der Waals surface area contributed by atoms with E-state index < -0.39 is 0 Å². The minimum Gasteiger partial charge on any atom is -0.344 e. The highest BCUT2D eigenvalue weighted by Gasteiger charge is 2.29. The molecule has 0 aromatic rings. The lowest BCUT2D eigenvalue weighted by Crippen LogP contribution is -2.46. The van der Waals surface area contributed by atoms with Crippen LogP contribution in [0.15, 0.2) is 0 Å². The molecule has 1 unspecified atom stereocenters. The summed E-state index contributed by atoms with van der Waals surface area (Å²) in [4.78, 5) is 27.5. The number of piperidine rings is 1. The van der Waals surface area contributed by atoms with Crippen LogP contribution < -0.4 is 5.32 Å². The molecular formula is C13H26ClN3O2. The van der Waals surface area contributed by atoms with Gasteiger partial charge in [0.05, 0.1) is 5.92 Å². The smallest absolute Gasteiger partial charge is 0.227 e. The van der Waals surface area contributed by atoms with Gasteiger partial charge < -0.3 is 15.1 Å². The predicted octanol–water partition coefficient (Wildman–Crippen LogP) is 0.735. The third-order valence-electron chi connectivity index (χ3n) is 3.50. The van der Waals surface area contributed by atoms with Crippen LogP contribution in [0.1, 0.15) is 26.2 Å². The lowest BCUT2D eigenvalue weighted by atomic mass is 9.96. The molecule has 0 saturated carbocycles. The van der Waals surface area contributed by atoms with Crippen LogP contribution in [-0.4, -0.2) is 61.9 Å². The molecule has 1 heterocycles. The van der Waals surface area contributed by atoms with E-state index in [-0.39, 0.29) is 30.1 Å². The quantitative estimate of drug-likeness (QED) is 0.813. The molecule has 1 atom stereocenters. The van der Waals surface area contributed by atoms with Crippen molar-refractivity contribution in [1.29, 1.82) is 0 Å². The molecule has 1 rings (SSSR count). The fourth-order valence-electron chi connectivity index (χ4n) is 2.33. The first-order chi connectivity index (χ1) is 8.60. The Morgan fingerprint density at radius 2 is 2.11 bits per heavy atom. The molecule has 0 spiro atoms. The number of amides is 2. The Bertz CT molecular complexity index is 300. The van der Waals surface area contributed by atoms with E-state index in [0.717, 1.165) is 25.9 Å². The van der Waals surface area contributed by atoms with Gasteiger partial charge in [0, 0.05) is 39.6 Å². The van der Waals surface area contributed by atoms with Gasteiger partial charge in [-0.2, -0.15) is 0 Å². The van der Waals surface area contributed by atoms with Crippen LogP contribution in [0.3, 0.4) is 0 Å². The van der Waals surface area contributed by atoms with Crippen LogP contribution >= 0.6 is 12.4 Å². The Labute approximate surface area is 122 Å². The predicted molar refractivity (Wildman–Crippen MR) is 78.4 cm³/mol. The molecule has 2 amide bonds. The Morgan fingerprint density at radius 3 is 2.68 bits per heavy atom. The Kier molecular flexibility index (Phi) is 8.76. The van der Waals surface area contributed by atoms with Crippen LogP contribution in [-0.2, 0) is 9.59 Å². The molecule has 0 aromatic heterocycles. The molecule has 0 bridgehead atoms. The number of nitrogens with one attached hydrogen (secondary N) is 1. The molecule has 0 aromatic carbocycles. The third-order valence-corrected chi connectivity index (χ3v) is 3.50. The number of carbonyl (C=O) groups is 2. The third kappa shape index (κ3) is 5.37. The molecule has 6 heteroatoms. The summed E-state index contributed by atoms with van der Waals surface area (Å²) in [7, 11) is 3.71. The Balaban J connectivity index is 0.00000324. The topological polar surface area (TPSA) is 52.7 Å². The van der Waals surface area contributed by atoms with Gasteiger partial charge in [-0.05, 0) is 19.9 Å². The average molecular weight is 292 g/mol. The summed E-state index contributed by atoms with van der Waals surface area (Å²) >= 11 is 0. The van der Waals surface area contributed by atoms with Gasteiger partial charge in [-0.15, -0.1) is 12.4 Å². The zero-order chi connectivity index (χ0) is 13.5. The first-order valence-corrected chi connectivity index (χ1v) is 6.77. The molecule has 112 valence electrons. The number of nitrogens with zero attached hydrogens (tertiary/aromatic N) is 2. The Morgan fingerprint density at radius 1 is 1.42 bits per heavy atom. The van der Waals surface area contributed by atoms with Gasteiger partial charge in [0.25, 0.3) is 0 Å². The van der Waals surface area contributed by atoms with E-state index in [9.17, 15) is 9.59 Å². The van der Waals surface area contributed by atoms with Gasteiger partial charge >= 0.3 is 0 Å². The van der Waals surface area contributed by atoms with Crippen molar-refractivity contribution in [2.24, 2.45) is 5.92 Å². The van der Waals surface area contributed by atoms with E-state index in [0.29, 0.717) is 19.5 Å². The second kappa shape index (κ2) is 9.15. The van der Waals surface area contributed by atoms with Gasteiger partial charge in [-0.25, -0.2) is 0 Å². The molecular weight excluding hydrogens is 266 g/mol. The molecule has 1 saturated heterocycles. The lowest BCUT2D eigenvalue weighted by Gasteiger charge is -2.34. The highest BCUT2D eigenvalue weighted by atomic mass is 35.5. The van der Waals surface area contributed by atoms with Crippen molar-refractivity contribution in [1.82, 2.24) is 15.1 Å². The van der Waals surface area contributed by atoms with Gasteiger partial charge in [0.2, 0.25) is 11.8 Å². The maximum Gasteiger partial charge on any atom is 0.227 e. The zero-order valence-electron chi connectivity index (χ0n) is 12.1. The summed E-state index contributed by atoms with van der Waals surface area (Å²) in [6.07, 6.45) is 2.36. The SMILES string of the molecule is CCC(=O)N1CCCC(C(=O)N(C)CCNC)C1.Cl. The van der Waals surface area contributed by atoms with Crippen molar-refractivity contribution in [3.05, 3.63) is 0 Å². The summed E-state index contributed by atoms with van der Waals surface area (Å²) in [6, 6.07) is 0. The zero-order valence-corrected chi connectivity index (χ0v) is 13.0. The summed E-state index contributed by atoms with van der Waals surface area (Å²) in [5, 5.41) is 3.03. The first-order valence-electron chi connectivity index (χ1n) is 6.77. The standard InChI is InChI=1S/C13H25N3O2.ClH/c1-4-12(17)16-8-5-6-11(10-16)13(18)15(3)9-7-14-2;/h11,14H,4-10H2,1-3H3;1H. The van der Waals surface area contributed by atoms with Crippen molar-refractivity contribution in [3.8, 4) is 0 Å². The average Bonchev–Trinajstić information content (AvgIpc) is 2.43. The highest BCUT2D eigenvalue weighted by molar-refractivity contribution is 5.85. The number of rotatable bonds is 5. The van der Waals surface area contributed by atoms with Crippen LogP contribution in [0.4, 0.5) is 0 Å². The first kappa shape index (κ1) is 18.2. The minimum absolute atomic E-state index is 0. The minimum atomic E-state index is -0.0175. The molecule has 1 aliphatic heterocycles. The van der Waals surface area contributed by atoms with Crippen LogP contribution in [0.25, 0.3) is 0 Å². The van der Waals surface area contributed by atoms with Crippen LogP contribution in [0, 0.1) is 5.92 Å². The Hall–Kier alpha value is -0.810. The second-order valence-electron chi connectivity index (χ2n) is 4.90. The number of hydrogen-bond donors (Lipinski definition) is 1. The molecule has 0 aliphatic carbocycles. The monoisotopic (exact) mass is 291 g/mol. The van der Waals surface area contributed by atoms with E-state index >= 15 is 0 Å². The number of hydrogen-bond acceptors (Lipinski definition) is 3. The molecule has 1 aliphatic rings. The van der Waals surface area contributed by atoms with Crippen LogP contribution in [0.5, 0.6) is 0 Å². The normalized spacial score (nSPS) is 18.7. The van der Waals surface area contributed by atoms with Gasteiger partial charge in [-0.3, -0.25) is 9.59 Å². The van der Waals surface area contributed by atoms with Crippen LogP contribution in [0.2, 0.25) is 0 Å². The summed E-state index contributed by atoms with van der Waals surface area (Å²) in [5.41, 5.74) is 0. The number of halogens is 1. The van der Waals surface area contributed by atoms with Crippen molar-refractivity contribution in [2.45, 2.75) is 26.2 Å². The molecule has 0 radical (unpaired) electrons. The van der Waals surface area contributed by atoms with E-state index in [1.807, 2.05) is 25.9 Å². The lowest BCUT2D eigenvalue weighted by molar-refractivity contribution is -0.139. The van der Waals surface area contributed by atoms with E-state index in [2.05, 4.69) is 5.32 Å². The van der Waals surface area contributed by atoms with E-state index in [1.165, 1.54) is 0 Å². The summed E-state index contributed by atoms with van der Waals surface area (Å²) in [6.45, 7) is 4.78. The van der Waals surface area contributed by atoms with E-state index in [1.54, 1.807) is 4.90 Å². The summed E-state index contributed by atoms with van der Waals surface area (Å²) in [5.74, 6) is 0.306. The fraction of sp³-hybridized carbons (Fsp3) is 0.846. The van der Waals surface area contributed by atoms with Crippen molar-refractivity contribution in [3.63, 3.8) is 0 Å². The van der Waals surface area contributed by atoms with E-state index in [4.69, 9.17) is 0 Å². The molecule has 5 nitrogen and oxygen atoms in total. The maximum atomic E-state index is 12.2. The van der Waals surface area contributed by atoms with Crippen molar-refractivity contribution < 1.29 is 9.59 Å². The molecule has 19 heavy (non-hydrogen) atoms. The number of carbonyl (C=O) groups excluding carboxylic acids is 2. The van der Waals surface area contributed by atoms with Gasteiger partial charge in [0.1, 0.15) is 0 Å². The van der Waals surface area contributed by atoms with Gasteiger partial charge in [0.15, 0.2) is 0 Å². The van der Waals surface area contributed by atoms with Gasteiger partial charge in [-0.1, -0.05) is 6.92 Å². The summed E-state index contributed by atoms with van der Waals surface area (Å²) < 4.78 is 0. The maximum absolute atomic E-state index is 12.2. The van der Waals surface area contributed by atoms with Crippen molar-refractivity contribution in [2.75, 3.05) is 40.3 Å². The number of likely N-dealkylation sites (N-methyl/N-ethyl adjacent to an activating group) is 2. The second-order valence-corrected chi connectivity index (χ2v) is 4.90. The highest BCUT2D eigenvalue weighted by Crippen LogP contribution is 2.19. The molecule has 1 fully saturated rings. The largest absolute Gasteiger partial charge is 0.344 e. The van der Waals surface area contributed by atoms with Crippen molar-refractivity contribution >= 4 is 24.2 Å². The fourth-order valence-corrected chi connectivity index (χ4v) is 2.33.